The summed E-state index contributed by atoms with van der Waals surface area (Å²) in [6, 6.07) is 6.39. The van der Waals surface area contributed by atoms with Gasteiger partial charge in [0.05, 0.1) is 11.1 Å². The van der Waals surface area contributed by atoms with Crippen LogP contribution in [0.2, 0.25) is 0 Å². The van der Waals surface area contributed by atoms with Crippen LogP contribution in [0, 0.1) is 5.92 Å². The fourth-order valence-corrected chi connectivity index (χ4v) is 2.55. The zero-order chi connectivity index (χ0) is 14.3. The maximum Gasteiger partial charge on any atom is 0.136 e. The van der Waals surface area contributed by atoms with Crippen molar-refractivity contribution in [3.63, 3.8) is 0 Å². The van der Waals surface area contributed by atoms with Crippen molar-refractivity contribution in [3.8, 4) is 5.75 Å². The van der Waals surface area contributed by atoms with E-state index in [2.05, 4.69) is 42.8 Å². The van der Waals surface area contributed by atoms with Crippen molar-refractivity contribution in [1.82, 2.24) is 0 Å². The van der Waals surface area contributed by atoms with E-state index in [0.29, 0.717) is 5.92 Å². The van der Waals surface area contributed by atoms with E-state index in [1.165, 1.54) is 5.56 Å². The van der Waals surface area contributed by atoms with E-state index in [1.54, 1.807) is 0 Å². The number of ether oxygens (including phenoxy) is 1. The molecule has 0 bridgehead atoms. The average Bonchev–Trinajstić information content (AvgIpc) is 2.42. The molecule has 0 heterocycles. The molecule has 0 amide bonds. The number of halogens is 1. The molecule has 2 nitrogen and oxygen atoms in total. The van der Waals surface area contributed by atoms with E-state index in [4.69, 9.17) is 10.5 Å². The Morgan fingerprint density at radius 1 is 1.16 bits per heavy atom. The Morgan fingerprint density at radius 2 is 1.84 bits per heavy atom. The van der Waals surface area contributed by atoms with Crippen LogP contribution in [0.15, 0.2) is 22.7 Å². The predicted octanol–water partition coefficient (Wildman–Crippen LogP) is 4.54. The van der Waals surface area contributed by atoms with Gasteiger partial charge in [-0.3, -0.25) is 0 Å². The Bertz CT molecular complexity index is 377. The van der Waals surface area contributed by atoms with Gasteiger partial charge < -0.3 is 10.5 Å². The van der Waals surface area contributed by atoms with Crippen LogP contribution in [0.25, 0.3) is 0 Å². The third-order valence-electron chi connectivity index (χ3n) is 3.67. The summed E-state index contributed by atoms with van der Waals surface area (Å²) in [5.41, 5.74) is 7.26. The van der Waals surface area contributed by atoms with Crippen molar-refractivity contribution in [2.45, 2.75) is 52.5 Å². The first-order chi connectivity index (χ1) is 9.12. The fourth-order valence-electron chi connectivity index (χ4n) is 2.03. The van der Waals surface area contributed by atoms with Crippen molar-refractivity contribution in [2.24, 2.45) is 11.7 Å². The van der Waals surface area contributed by atoms with Gasteiger partial charge >= 0.3 is 0 Å². The van der Waals surface area contributed by atoms with Crippen molar-refractivity contribution in [2.75, 3.05) is 6.61 Å². The second-order valence-electron chi connectivity index (χ2n) is 5.09. The van der Waals surface area contributed by atoms with Gasteiger partial charge in [0.15, 0.2) is 0 Å². The first-order valence-electron chi connectivity index (χ1n) is 7.28. The molecule has 1 atom stereocenters. The normalized spacial score (nSPS) is 12.7. The summed E-state index contributed by atoms with van der Waals surface area (Å²) in [7, 11) is 0. The highest BCUT2D eigenvalue weighted by Gasteiger charge is 2.13. The van der Waals surface area contributed by atoms with Crippen LogP contribution < -0.4 is 10.5 Å². The molecule has 0 saturated carbocycles. The molecule has 1 aromatic rings. The first kappa shape index (κ1) is 16.5. The molecule has 0 spiro atoms. The van der Waals surface area contributed by atoms with Gasteiger partial charge in [0, 0.05) is 6.04 Å². The largest absolute Gasteiger partial charge is 0.492 e. The summed E-state index contributed by atoms with van der Waals surface area (Å²) in [4.78, 5) is 0. The molecule has 0 aliphatic rings. The number of hydrogen-bond acceptors (Lipinski definition) is 2. The molecule has 0 aliphatic heterocycles. The summed E-state index contributed by atoms with van der Waals surface area (Å²) in [5.74, 6) is 1.60. The topological polar surface area (TPSA) is 35.2 Å². The Hall–Kier alpha value is -0.540. The standard InChI is InChI=1S/C16H26BrNO/c1-4-12(5-2)11-19-16-13(10-14(18)6-3)8-7-9-15(16)17/h7-9,12,14H,4-6,10-11,18H2,1-3H3. The van der Waals surface area contributed by atoms with E-state index < -0.39 is 0 Å². The van der Waals surface area contributed by atoms with E-state index in [9.17, 15) is 0 Å². The molecule has 0 saturated heterocycles. The molecule has 1 aromatic carbocycles. The lowest BCUT2D eigenvalue weighted by atomic mass is 10.0. The maximum absolute atomic E-state index is 6.06. The Balaban J connectivity index is 2.79. The maximum atomic E-state index is 6.06. The molecule has 3 heteroatoms. The lowest BCUT2D eigenvalue weighted by molar-refractivity contribution is 0.237. The summed E-state index contributed by atoms with van der Waals surface area (Å²) < 4.78 is 7.08. The minimum Gasteiger partial charge on any atom is -0.492 e. The molecule has 19 heavy (non-hydrogen) atoms. The Labute approximate surface area is 125 Å². The van der Waals surface area contributed by atoms with Gasteiger partial charge in [0.2, 0.25) is 0 Å². The second-order valence-corrected chi connectivity index (χ2v) is 5.95. The quantitative estimate of drug-likeness (QED) is 0.760. The lowest BCUT2D eigenvalue weighted by Crippen LogP contribution is -2.22. The Kier molecular flexibility index (Phi) is 7.47. The van der Waals surface area contributed by atoms with Crippen molar-refractivity contribution in [3.05, 3.63) is 28.2 Å². The van der Waals surface area contributed by atoms with Gasteiger partial charge in [-0.1, -0.05) is 45.7 Å². The van der Waals surface area contributed by atoms with Crippen LogP contribution in [0.3, 0.4) is 0 Å². The third kappa shape index (κ3) is 5.15. The molecule has 1 rings (SSSR count). The highest BCUT2D eigenvalue weighted by molar-refractivity contribution is 9.10. The zero-order valence-electron chi connectivity index (χ0n) is 12.3. The molecular formula is C16H26BrNO. The summed E-state index contributed by atoms with van der Waals surface area (Å²) in [6.07, 6.45) is 4.17. The van der Waals surface area contributed by atoms with Gasteiger partial charge in [0.1, 0.15) is 5.75 Å². The van der Waals surface area contributed by atoms with Crippen LogP contribution >= 0.6 is 15.9 Å². The van der Waals surface area contributed by atoms with Crippen molar-refractivity contribution < 1.29 is 4.74 Å². The predicted molar refractivity (Wildman–Crippen MR) is 85.7 cm³/mol. The monoisotopic (exact) mass is 327 g/mol. The third-order valence-corrected chi connectivity index (χ3v) is 4.30. The summed E-state index contributed by atoms with van der Waals surface area (Å²) in [5, 5.41) is 0. The van der Waals surface area contributed by atoms with Gasteiger partial charge in [0.25, 0.3) is 0 Å². The zero-order valence-corrected chi connectivity index (χ0v) is 13.9. The van der Waals surface area contributed by atoms with E-state index in [0.717, 1.165) is 42.5 Å². The van der Waals surface area contributed by atoms with Crippen LogP contribution in [0.1, 0.15) is 45.6 Å². The second kappa shape index (κ2) is 8.60. The lowest BCUT2D eigenvalue weighted by Gasteiger charge is -2.19. The van der Waals surface area contributed by atoms with Crippen molar-refractivity contribution >= 4 is 15.9 Å². The first-order valence-corrected chi connectivity index (χ1v) is 8.07. The number of nitrogens with two attached hydrogens (primary N) is 1. The molecular weight excluding hydrogens is 302 g/mol. The van der Waals surface area contributed by atoms with E-state index in [1.807, 2.05) is 12.1 Å². The minimum absolute atomic E-state index is 0.199. The highest BCUT2D eigenvalue weighted by atomic mass is 79.9. The molecule has 108 valence electrons. The Morgan fingerprint density at radius 3 is 2.42 bits per heavy atom. The molecule has 0 aliphatic carbocycles. The number of para-hydroxylation sites is 1. The highest BCUT2D eigenvalue weighted by Crippen LogP contribution is 2.30. The summed E-state index contributed by atoms with van der Waals surface area (Å²) >= 11 is 3.59. The van der Waals surface area contributed by atoms with E-state index in [-0.39, 0.29) is 6.04 Å². The smallest absolute Gasteiger partial charge is 0.136 e. The van der Waals surface area contributed by atoms with Crippen LogP contribution in [-0.2, 0) is 6.42 Å². The van der Waals surface area contributed by atoms with Crippen molar-refractivity contribution in [1.29, 1.82) is 0 Å². The molecule has 2 N–H and O–H groups in total. The van der Waals surface area contributed by atoms with E-state index >= 15 is 0 Å². The summed E-state index contributed by atoms with van der Waals surface area (Å²) in [6.45, 7) is 7.33. The molecule has 0 aromatic heterocycles. The van der Waals surface area contributed by atoms with Crippen LogP contribution in [-0.4, -0.2) is 12.6 Å². The molecule has 0 radical (unpaired) electrons. The van der Waals surface area contributed by atoms with Gasteiger partial charge in [-0.05, 0) is 46.3 Å². The van der Waals surface area contributed by atoms with Gasteiger partial charge in [-0.25, -0.2) is 0 Å². The van der Waals surface area contributed by atoms with Crippen LogP contribution in [0.5, 0.6) is 5.75 Å². The number of hydrogen-bond donors (Lipinski definition) is 1. The van der Waals surface area contributed by atoms with Gasteiger partial charge in [-0.2, -0.15) is 0 Å². The SMILES string of the molecule is CCC(N)Cc1cccc(Br)c1OCC(CC)CC. The van der Waals surface area contributed by atoms with Crippen LogP contribution in [0.4, 0.5) is 0 Å². The fraction of sp³-hybridized carbons (Fsp3) is 0.625. The van der Waals surface area contributed by atoms with Gasteiger partial charge in [-0.15, -0.1) is 0 Å². The number of benzene rings is 1. The average molecular weight is 328 g/mol. The number of rotatable bonds is 8. The molecule has 1 unspecified atom stereocenters. The molecule has 0 fully saturated rings. The minimum atomic E-state index is 0.199.